The van der Waals surface area contributed by atoms with E-state index in [4.69, 9.17) is 5.21 Å². The predicted octanol–water partition coefficient (Wildman–Crippen LogP) is 2.05. The Labute approximate surface area is 72.0 Å². The number of allylic oxidation sites excluding steroid dienone is 2. The van der Waals surface area contributed by atoms with Crippen molar-refractivity contribution in [1.29, 1.82) is 0 Å². The van der Waals surface area contributed by atoms with Crippen LogP contribution in [0.25, 0.3) is 0 Å². The van der Waals surface area contributed by atoms with E-state index in [1.165, 1.54) is 12.8 Å². The summed E-state index contributed by atoms with van der Waals surface area (Å²) in [5.74, 6) is 3.01. The van der Waals surface area contributed by atoms with Crippen LogP contribution >= 0.6 is 0 Å². The second kappa shape index (κ2) is 2.12. The van der Waals surface area contributed by atoms with Crippen molar-refractivity contribution in [1.82, 2.24) is 0 Å². The van der Waals surface area contributed by atoms with E-state index in [0.29, 0.717) is 5.92 Å². The molecule has 2 bridgehead atoms. The lowest BCUT2D eigenvalue weighted by molar-refractivity contribution is 0.300. The summed E-state index contributed by atoms with van der Waals surface area (Å²) in [6, 6.07) is 0. The van der Waals surface area contributed by atoms with E-state index in [1.807, 2.05) is 0 Å². The van der Waals surface area contributed by atoms with Gasteiger partial charge in [-0.15, -0.1) is 0 Å². The lowest BCUT2D eigenvalue weighted by atomic mass is 9.80. The lowest BCUT2D eigenvalue weighted by Crippen LogP contribution is -2.24. The van der Waals surface area contributed by atoms with Gasteiger partial charge in [0.2, 0.25) is 0 Å². The van der Waals surface area contributed by atoms with E-state index in [9.17, 15) is 0 Å². The standard InChI is InChI=1S/C10H13NO/c12-11-10-5-6-4-9(10)8-3-1-2-7(6)8/h1,3,6-9,12H,2,4-5H2/b11-10-/t6-,7+,8-,9+/m1/s1. The molecule has 0 amide bonds. The van der Waals surface area contributed by atoms with Crippen LogP contribution in [0.15, 0.2) is 17.3 Å². The van der Waals surface area contributed by atoms with Gasteiger partial charge in [-0.1, -0.05) is 17.3 Å². The van der Waals surface area contributed by atoms with Gasteiger partial charge in [0.05, 0.1) is 5.71 Å². The van der Waals surface area contributed by atoms with E-state index in [2.05, 4.69) is 17.3 Å². The highest BCUT2D eigenvalue weighted by molar-refractivity contribution is 5.90. The Morgan fingerprint density at radius 1 is 1.50 bits per heavy atom. The molecule has 4 atom stereocenters. The molecule has 3 aliphatic carbocycles. The highest BCUT2D eigenvalue weighted by Gasteiger charge is 2.51. The highest BCUT2D eigenvalue weighted by Crippen LogP contribution is 2.54. The molecule has 0 unspecified atom stereocenters. The zero-order valence-corrected chi connectivity index (χ0v) is 6.98. The molecule has 0 aromatic rings. The average Bonchev–Trinajstić information content (AvgIpc) is 2.75. The van der Waals surface area contributed by atoms with Crippen LogP contribution in [-0.2, 0) is 0 Å². The molecule has 0 aliphatic heterocycles. The van der Waals surface area contributed by atoms with Crippen LogP contribution in [0, 0.1) is 23.7 Å². The molecule has 0 spiro atoms. The van der Waals surface area contributed by atoms with E-state index >= 15 is 0 Å². The summed E-state index contributed by atoms with van der Waals surface area (Å²) in [7, 11) is 0. The van der Waals surface area contributed by atoms with Crippen molar-refractivity contribution in [3.05, 3.63) is 12.2 Å². The Balaban J connectivity index is 1.96. The predicted molar refractivity (Wildman–Crippen MR) is 46.2 cm³/mol. The first kappa shape index (κ1) is 6.70. The maximum absolute atomic E-state index is 8.77. The van der Waals surface area contributed by atoms with Gasteiger partial charge in [-0.3, -0.25) is 0 Å². The summed E-state index contributed by atoms with van der Waals surface area (Å²) in [5, 5.41) is 12.2. The Kier molecular flexibility index (Phi) is 1.18. The fourth-order valence-corrected chi connectivity index (χ4v) is 3.42. The number of nitrogens with zero attached hydrogens (tertiary/aromatic N) is 1. The number of rotatable bonds is 0. The molecule has 12 heavy (non-hydrogen) atoms. The monoisotopic (exact) mass is 163 g/mol. The van der Waals surface area contributed by atoms with Crippen molar-refractivity contribution < 1.29 is 5.21 Å². The molecule has 2 fully saturated rings. The fraction of sp³-hybridized carbons (Fsp3) is 0.700. The largest absolute Gasteiger partial charge is 0.411 e. The maximum atomic E-state index is 8.77. The second-order valence-corrected chi connectivity index (χ2v) is 4.30. The van der Waals surface area contributed by atoms with Gasteiger partial charge >= 0.3 is 0 Å². The van der Waals surface area contributed by atoms with Crippen LogP contribution in [0.3, 0.4) is 0 Å². The second-order valence-electron chi connectivity index (χ2n) is 4.30. The summed E-state index contributed by atoms with van der Waals surface area (Å²) in [6.45, 7) is 0. The van der Waals surface area contributed by atoms with Gasteiger partial charge in [-0.25, -0.2) is 0 Å². The zero-order valence-electron chi connectivity index (χ0n) is 6.98. The molecule has 64 valence electrons. The van der Waals surface area contributed by atoms with Crippen molar-refractivity contribution in [2.45, 2.75) is 19.3 Å². The SMILES string of the molecule is O/N=C1/C[C@H]2C[C@H]1[C@@H]1C=CC[C@@H]21. The molecule has 0 aromatic carbocycles. The normalized spacial score (nSPS) is 52.2. The Hall–Kier alpha value is -0.790. The van der Waals surface area contributed by atoms with Crippen molar-refractivity contribution in [3.63, 3.8) is 0 Å². The van der Waals surface area contributed by atoms with Crippen molar-refractivity contribution in [3.8, 4) is 0 Å². The molecule has 2 saturated carbocycles. The molecular weight excluding hydrogens is 150 g/mol. The third kappa shape index (κ3) is 0.637. The summed E-state index contributed by atoms with van der Waals surface area (Å²) in [6.07, 6.45) is 8.24. The van der Waals surface area contributed by atoms with Crippen LogP contribution in [0.2, 0.25) is 0 Å². The van der Waals surface area contributed by atoms with Crippen LogP contribution in [0.1, 0.15) is 19.3 Å². The molecule has 0 heterocycles. The van der Waals surface area contributed by atoms with E-state index < -0.39 is 0 Å². The minimum atomic E-state index is 0.587. The van der Waals surface area contributed by atoms with Gasteiger partial charge in [0.15, 0.2) is 0 Å². The number of hydrogen-bond donors (Lipinski definition) is 1. The summed E-state index contributed by atoms with van der Waals surface area (Å²) in [4.78, 5) is 0. The Morgan fingerprint density at radius 2 is 2.42 bits per heavy atom. The molecule has 1 N–H and O–H groups in total. The van der Waals surface area contributed by atoms with E-state index in [-0.39, 0.29) is 0 Å². The third-order valence-electron chi connectivity index (χ3n) is 3.92. The van der Waals surface area contributed by atoms with Gasteiger partial charge in [0.1, 0.15) is 0 Å². The van der Waals surface area contributed by atoms with Crippen LogP contribution in [0.5, 0.6) is 0 Å². The molecule has 0 saturated heterocycles. The lowest BCUT2D eigenvalue weighted by Gasteiger charge is -2.24. The zero-order chi connectivity index (χ0) is 8.13. The van der Waals surface area contributed by atoms with E-state index in [0.717, 1.165) is 29.9 Å². The Morgan fingerprint density at radius 3 is 3.25 bits per heavy atom. The maximum Gasteiger partial charge on any atom is 0.0610 e. The summed E-state index contributed by atoms with van der Waals surface area (Å²) < 4.78 is 0. The first-order valence-corrected chi connectivity index (χ1v) is 4.77. The molecule has 0 aromatic heterocycles. The topological polar surface area (TPSA) is 32.6 Å². The van der Waals surface area contributed by atoms with Crippen LogP contribution in [-0.4, -0.2) is 10.9 Å². The first-order valence-electron chi connectivity index (χ1n) is 4.77. The van der Waals surface area contributed by atoms with Crippen molar-refractivity contribution in [2.75, 3.05) is 0 Å². The molecule has 2 nitrogen and oxygen atoms in total. The minimum absolute atomic E-state index is 0.587. The van der Waals surface area contributed by atoms with Gasteiger partial charge in [-0.2, -0.15) is 0 Å². The number of hydrogen-bond acceptors (Lipinski definition) is 2. The molecule has 2 heteroatoms. The first-order chi connectivity index (χ1) is 5.90. The van der Waals surface area contributed by atoms with Crippen LogP contribution < -0.4 is 0 Å². The van der Waals surface area contributed by atoms with Crippen molar-refractivity contribution >= 4 is 5.71 Å². The summed E-state index contributed by atoms with van der Waals surface area (Å²) in [5.41, 5.74) is 1.06. The summed E-state index contributed by atoms with van der Waals surface area (Å²) >= 11 is 0. The number of fused-ring (bicyclic) bond motifs is 5. The molecule has 0 radical (unpaired) electrons. The van der Waals surface area contributed by atoms with Crippen molar-refractivity contribution in [2.24, 2.45) is 28.8 Å². The quantitative estimate of drug-likeness (QED) is 0.331. The van der Waals surface area contributed by atoms with Gasteiger partial charge in [0.25, 0.3) is 0 Å². The minimum Gasteiger partial charge on any atom is -0.411 e. The number of oxime groups is 1. The third-order valence-corrected chi connectivity index (χ3v) is 3.92. The Bertz CT molecular complexity index is 269. The van der Waals surface area contributed by atoms with Crippen LogP contribution in [0.4, 0.5) is 0 Å². The average molecular weight is 163 g/mol. The van der Waals surface area contributed by atoms with Gasteiger partial charge in [0, 0.05) is 5.92 Å². The fourth-order valence-electron chi connectivity index (χ4n) is 3.42. The highest BCUT2D eigenvalue weighted by atomic mass is 16.4. The molecular formula is C10H13NO. The van der Waals surface area contributed by atoms with Gasteiger partial charge < -0.3 is 5.21 Å². The smallest absolute Gasteiger partial charge is 0.0610 e. The molecule has 3 rings (SSSR count). The molecule has 3 aliphatic rings. The van der Waals surface area contributed by atoms with Gasteiger partial charge in [-0.05, 0) is 37.0 Å². The van der Waals surface area contributed by atoms with E-state index in [1.54, 1.807) is 0 Å².